The molecule has 3 N–H and O–H groups in total. The van der Waals surface area contributed by atoms with Gasteiger partial charge in [0.2, 0.25) is 11.8 Å². The second-order valence-electron chi connectivity index (χ2n) is 5.59. The summed E-state index contributed by atoms with van der Waals surface area (Å²) >= 11 is 0. The number of carbonyl (C=O) groups is 3. The van der Waals surface area contributed by atoms with E-state index in [1.807, 2.05) is 13.8 Å². The van der Waals surface area contributed by atoms with E-state index in [9.17, 15) is 14.4 Å². The van der Waals surface area contributed by atoms with Crippen LogP contribution in [0.15, 0.2) is 0 Å². The first-order valence-corrected chi connectivity index (χ1v) is 7.18. The van der Waals surface area contributed by atoms with Crippen LogP contribution in [0.25, 0.3) is 0 Å². The van der Waals surface area contributed by atoms with Crippen molar-refractivity contribution in [1.29, 1.82) is 0 Å². The third-order valence-corrected chi connectivity index (χ3v) is 3.91. The first kappa shape index (κ1) is 16.5. The fraction of sp³-hybridized carbons (Fsp3) is 0.786. The summed E-state index contributed by atoms with van der Waals surface area (Å²) in [6, 6.07) is -0.523. The number of carboxylic acid groups (broad SMARTS) is 1. The number of hydrogen-bond donors (Lipinski definition) is 3. The van der Waals surface area contributed by atoms with Crippen LogP contribution < -0.4 is 10.6 Å². The van der Waals surface area contributed by atoms with Crippen LogP contribution in [-0.2, 0) is 14.4 Å². The van der Waals surface area contributed by atoms with Crippen molar-refractivity contribution in [3.8, 4) is 0 Å². The SMILES string of the molecule is CCC(C)NC(=O)C(C)NC(=O)[C@@H]1CC[C@H](C(=O)O)C1. The minimum absolute atomic E-state index is 0.0738. The van der Waals surface area contributed by atoms with Gasteiger partial charge < -0.3 is 15.7 Å². The van der Waals surface area contributed by atoms with Crippen molar-refractivity contribution in [1.82, 2.24) is 10.6 Å². The lowest BCUT2D eigenvalue weighted by atomic mass is 10.0. The molecule has 6 heteroatoms. The average molecular weight is 284 g/mol. The van der Waals surface area contributed by atoms with Crippen LogP contribution in [0.4, 0.5) is 0 Å². The maximum atomic E-state index is 12.0. The molecule has 114 valence electrons. The highest BCUT2D eigenvalue weighted by molar-refractivity contribution is 5.88. The molecule has 0 radical (unpaired) electrons. The second kappa shape index (κ2) is 7.26. The van der Waals surface area contributed by atoms with Crippen LogP contribution in [0.1, 0.15) is 46.5 Å². The van der Waals surface area contributed by atoms with Crippen molar-refractivity contribution in [2.45, 2.75) is 58.5 Å². The summed E-state index contributed by atoms with van der Waals surface area (Å²) in [5, 5.41) is 14.4. The van der Waals surface area contributed by atoms with E-state index in [2.05, 4.69) is 10.6 Å². The normalized spacial score (nSPS) is 24.8. The van der Waals surface area contributed by atoms with Gasteiger partial charge in [-0.1, -0.05) is 6.92 Å². The molecule has 2 amide bonds. The first-order valence-electron chi connectivity index (χ1n) is 7.18. The number of hydrogen-bond acceptors (Lipinski definition) is 3. The maximum Gasteiger partial charge on any atom is 0.306 e. The van der Waals surface area contributed by atoms with Crippen molar-refractivity contribution in [2.24, 2.45) is 11.8 Å². The average Bonchev–Trinajstić information content (AvgIpc) is 2.88. The zero-order valence-electron chi connectivity index (χ0n) is 12.3. The summed E-state index contributed by atoms with van der Waals surface area (Å²) < 4.78 is 0. The highest BCUT2D eigenvalue weighted by Gasteiger charge is 2.34. The van der Waals surface area contributed by atoms with Crippen LogP contribution in [0.3, 0.4) is 0 Å². The topological polar surface area (TPSA) is 95.5 Å². The van der Waals surface area contributed by atoms with E-state index < -0.39 is 17.9 Å². The van der Waals surface area contributed by atoms with E-state index in [1.54, 1.807) is 6.92 Å². The van der Waals surface area contributed by atoms with Crippen molar-refractivity contribution in [3.63, 3.8) is 0 Å². The van der Waals surface area contributed by atoms with E-state index >= 15 is 0 Å². The van der Waals surface area contributed by atoms with Gasteiger partial charge in [-0.15, -0.1) is 0 Å². The fourth-order valence-electron chi connectivity index (χ4n) is 2.31. The molecule has 6 nitrogen and oxygen atoms in total. The summed E-state index contributed by atoms with van der Waals surface area (Å²) in [5.41, 5.74) is 0. The van der Waals surface area contributed by atoms with Crippen LogP contribution >= 0.6 is 0 Å². The molecular weight excluding hydrogens is 260 g/mol. The van der Waals surface area contributed by atoms with E-state index in [1.165, 1.54) is 0 Å². The number of aliphatic carboxylic acids is 1. The lowest BCUT2D eigenvalue weighted by molar-refractivity contribution is -0.141. The Balaban J connectivity index is 2.42. The van der Waals surface area contributed by atoms with E-state index in [0.29, 0.717) is 19.3 Å². The smallest absolute Gasteiger partial charge is 0.306 e. The number of carbonyl (C=O) groups excluding carboxylic acids is 2. The van der Waals surface area contributed by atoms with Gasteiger partial charge in [0.1, 0.15) is 6.04 Å². The van der Waals surface area contributed by atoms with Gasteiger partial charge in [0.25, 0.3) is 0 Å². The molecule has 0 bridgehead atoms. The molecule has 1 aliphatic carbocycles. The minimum Gasteiger partial charge on any atom is -0.481 e. The predicted octanol–water partition coefficient (Wildman–Crippen LogP) is 0.907. The molecule has 0 aromatic carbocycles. The lowest BCUT2D eigenvalue weighted by Crippen LogP contribution is -2.48. The third-order valence-electron chi connectivity index (χ3n) is 3.91. The summed E-state index contributed by atoms with van der Waals surface area (Å²) in [4.78, 5) is 34.7. The quantitative estimate of drug-likeness (QED) is 0.675. The van der Waals surface area contributed by atoms with Crippen LogP contribution in [0.5, 0.6) is 0 Å². The van der Waals surface area contributed by atoms with E-state index in [4.69, 9.17) is 5.11 Å². The fourth-order valence-corrected chi connectivity index (χ4v) is 2.31. The molecule has 0 aliphatic heterocycles. The summed E-state index contributed by atoms with van der Waals surface area (Å²) in [5.74, 6) is -2.01. The molecule has 1 fully saturated rings. The molecule has 1 rings (SSSR count). The minimum atomic E-state index is -0.845. The maximum absolute atomic E-state index is 12.0. The number of rotatable bonds is 6. The zero-order chi connectivity index (χ0) is 15.3. The number of amides is 2. The van der Waals surface area contributed by atoms with Crippen LogP contribution in [0.2, 0.25) is 0 Å². The van der Waals surface area contributed by atoms with Gasteiger partial charge >= 0.3 is 5.97 Å². The van der Waals surface area contributed by atoms with Crippen LogP contribution in [0, 0.1) is 11.8 Å². The molecule has 1 saturated carbocycles. The second-order valence-corrected chi connectivity index (χ2v) is 5.59. The number of nitrogens with one attached hydrogen (secondary N) is 2. The number of carboxylic acids is 1. The Bertz CT molecular complexity index is 383. The highest BCUT2D eigenvalue weighted by atomic mass is 16.4. The summed E-state index contributed by atoms with van der Waals surface area (Å²) in [6.07, 6.45) is 2.29. The monoisotopic (exact) mass is 284 g/mol. The van der Waals surface area contributed by atoms with Gasteiger partial charge in [-0.3, -0.25) is 14.4 Å². The van der Waals surface area contributed by atoms with Crippen molar-refractivity contribution >= 4 is 17.8 Å². The molecule has 4 atom stereocenters. The van der Waals surface area contributed by atoms with Gasteiger partial charge in [-0.2, -0.15) is 0 Å². The molecular formula is C14H24N2O4. The standard InChI is InChI=1S/C14H24N2O4/c1-4-8(2)15-12(17)9(3)16-13(18)10-5-6-11(7-10)14(19)20/h8-11H,4-7H2,1-3H3,(H,15,17)(H,16,18)(H,19,20)/t8?,9?,10-,11+/m1/s1. The van der Waals surface area contributed by atoms with Crippen molar-refractivity contribution in [2.75, 3.05) is 0 Å². The Morgan fingerprint density at radius 3 is 2.25 bits per heavy atom. The summed E-state index contributed by atoms with van der Waals surface area (Å²) in [6.45, 7) is 5.51. The van der Waals surface area contributed by atoms with Gasteiger partial charge in [0, 0.05) is 12.0 Å². The highest BCUT2D eigenvalue weighted by Crippen LogP contribution is 2.31. The van der Waals surface area contributed by atoms with Crippen LogP contribution in [-0.4, -0.2) is 35.0 Å². The van der Waals surface area contributed by atoms with Gasteiger partial charge in [0.05, 0.1) is 5.92 Å². The Labute approximate surface area is 119 Å². The molecule has 0 aromatic heterocycles. The molecule has 0 heterocycles. The molecule has 20 heavy (non-hydrogen) atoms. The molecule has 0 aromatic rings. The molecule has 0 saturated heterocycles. The first-order chi connectivity index (χ1) is 9.35. The molecule has 1 aliphatic rings. The Morgan fingerprint density at radius 1 is 1.15 bits per heavy atom. The molecule has 2 unspecified atom stereocenters. The van der Waals surface area contributed by atoms with E-state index in [-0.39, 0.29) is 23.8 Å². The van der Waals surface area contributed by atoms with E-state index in [0.717, 1.165) is 6.42 Å². The van der Waals surface area contributed by atoms with Gasteiger partial charge in [-0.25, -0.2) is 0 Å². The Hall–Kier alpha value is -1.59. The van der Waals surface area contributed by atoms with Crippen molar-refractivity contribution in [3.05, 3.63) is 0 Å². The lowest BCUT2D eigenvalue weighted by Gasteiger charge is -2.19. The summed E-state index contributed by atoms with van der Waals surface area (Å²) in [7, 11) is 0. The van der Waals surface area contributed by atoms with Gasteiger partial charge in [0.15, 0.2) is 0 Å². The molecule has 0 spiro atoms. The third kappa shape index (κ3) is 4.51. The van der Waals surface area contributed by atoms with Crippen molar-refractivity contribution < 1.29 is 19.5 Å². The Morgan fingerprint density at radius 2 is 1.75 bits per heavy atom. The predicted molar refractivity (Wildman–Crippen MR) is 74.0 cm³/mol. The zero-order valence-corrected chi connectivity index (χ0v) is 12.3. The largest absolute Gasteiger partial charge is 0.481 e. The Kier molecular flexibility index (Phi) is 5.98. The van der Waals surface area contributed by atoms with Gasteiger partial charge in [-0.05, 0) is 39.5 Å².